The number of nitrogens with one attached hydrogen (secondary N) is 1. The Morgan fingerprint density at radius 3 is 2.48 bits per heavy atom. The van der Waals surface area contributed by atoms with Gasteiger partial charge in [-0.25, -0.2) is 0 Å². The summed E-state index contributed by atoms with van der Waals surface area (Å²) in [4.78, 5) is 23.4. The number of hydrogen-bond donors (Lipinski definition) is 2. The van der Waals surface area contributed by atoms with Crippen LogP contribution in [0.15, 0.2) is 48.5 Å². The maximum atomic E-state index is 12.5. The van der Waals surface area contributed by atoms with Gasteiger partial charge in [0.05, 0.1) is 6.42 Å². The molecular formula is C21H25NO3. The smallest absolute Gasteiger partial charge is 0.303 e. The van der Waals surface area contributed by atoms with Gasteiger partial charge in [-0.2, -0.15) is 0 Å². The van der Waals surface area contributed by atoms with Crippen molar-refractivity contribution in [1.29, 1.82) is 0 Å². The molecule has 2 N–H and O–H groups in total. The molecule has 0 saturated carbocycles. The maximum absolute atomic E-state index is 12.5. The van der Waals surface area contributed by atoms with Crippen molar-refractivity contribution in [3.05, 3.63) is 70.8 Å². The molecule has 2 aromatic carbocycles. The lowest BCUT2D eigenvalue weighted by atomic mass is 10.00. The standard InChI is InChI=1S/C21H25NO3/c1-15-8-9-16(2)18(12-15)14-20(23)22-19(10-11-21(24)25)13-17-6-4-3-5-7-17/h3-9,12,19H,10-11,13-14H2,1-2H3,(H,22,23)(H,24,25). The van der Waals surface area contributed by atoms with Crippen molar-refractivity contribution in [3.8, 4) is 0 Å². The average Bonchev–Trinajstić information content (AvgIpc) is 2.57. The first-order valence-corrected chi connectivity index (χ1v) is 8.55. The van der Waals surface area contributed by atoms with Crippen molar-refractivity contribution in [2.75, 3.05) is 0 Å². The maximum Gasteiger partial charge on any atom is 0.303 e. The Morgan fingerprint density at radius 1 is 1.08 bits per heavy atom. The lowest BCUT2D eigenvalue weighted by Crippen LogP contribution is -2.38. The van der Waals surface area contributed by atoms with E-state index in [4.69, 9.17) is 5.11 Å². The van der Waals surface area contributed by atoms with Crippen LogP contribution in [0.5, 0.6) is 0 Å². The van der Waals surface area contributed by atoms with Crippen molar-refractivity contribution < 1.29 is 14.7 Å². The molecule has 2 aromatic rings. The summed E-state index contributed by atoms with van der Waals surface area (Å²) in [5.74, 6) is -0.915. The number of carbonyl (C=O) groups is 2. The minimum atomic E-state index is -0.846. The first-order chi connectivity index (χ1) is 11.9. The molecule has 25 heavy (non-hydrogen) atoms. The molecule has 0 aromatic heterocycles. The minimum Gasteiger partial charge on any atom is -0.481 e. The Labute approximate surface area is 148 Å². The molecule has 4 heteroatoms. The van der Waals surface area contributed by atoms with Crippen molar-refractivity contribution >= 4 is 11.9 Å². The Bertz CT molecular complexity index is 725. The molecule has 1 amide bonds. The molecule has 0 bridgehead atoms. The fourth-order valence-electron chi connectivity index (χ4n) is 2.86. The van der Waals surface area contributed by atoms with Gasteiger partial charge in [-0.05, 0) is 43.4 Å². The van der Waals surface area contributed by atoms with Gasteiger partial charge >= 0.3 is 5.97 Å². The predicted molar refractivity (Wildman–Crippen MR) is 98.6 cm³/mol. The summed E-state index contributed by atoms with van der Waals surface area (Å²) in [6, 6.07) is 15.7. The van der Waals surface area contributed by atoms with Gasteiger partial charge in [-0.15, -0.1) is 0 Å². The summed E-state index contributed by atoms with van der Waals surface area (Å²) in [5.41, 5.74) is 4.31. The predicted octanol–water partition coefficient (Wildman–Crippen LogP) is 3.44. The van der Waals surface area contributed by atoms with E-state index in [0.717, 1.165) is 22.3 Å². The Balaban J connectivity index is 2.02. The van der Waals surface area contributed by atoms with Crippen LogP contribution in [0.25, 0.3) is 0 Å². The third-order valence-electron chi connectivity index (χ3n) is 4.25. The number of carboxylic acid groups (broad SMARTS) is 1. The Kier molecular flexibility index (Phi) is 6.75. The van der Waals surface area contributed by atoms with E-state index < -0.39 is 5.97 Å². The molecule has 4 nitrogen and oxygen atoms in total. The van der Waals surface area contributed by atoms with E-state index in [9.17, 15) is 9.59 Å². The largest absolute Gasteiger partial charge is 0.481 e. The van der Waals surface area contributed by atoms with Crippen LogP contribution in [-0.2, 0) is 22.4 Å². The highest BCUT2D eigenvalue weighted by molar-refractivity contribution is 5.79. The number of hydrogen-bond acceptors (Lipinski definition) is 2. The monoisotopic (exact) mass is 339 g/mol. The summed E-state index contributed by atoms with van der Waals surface area (Å²) in [7, 11) is 0. The summed E-state index contributed by atoms with van der Waals surface area (Å²) in [6.07, 6.45) is 1.41. The lowest BCUT2D eigenvalue weighted by molar-refractivity contribution is -0.137. The number of amides is 1. The number of carboxylic acids is 1. The van der Waals surface area contributed by atoms with Crippen LogP contribution in [0, 0.1) is 13.8 Å². The zero-order chi connectivity index (χ0) is 18.2. The molecule has 1 unspecified atom stereocenters. The van der Waals surface area contributed by atoms with Crippen molar-refractivity contribution in [2.24, 2.45) is 0 Å². The molecule has 132 valence electrons. The number of benzene rings is 2. The topological polar surface area (TPSA) is 66.4 Å². The normalized spacial score (nSPS) is 11.8. The van der Waals surface area contributed by atoms with Gasteiger partial charge in [0, 0.05) is 12.5 Å². The van der Waals surface area contributed by atoms with Crippen molar-refractivity contribution in [3.63, 3.8) is 0 Å². The Morgan fingerprint density at radius 2 is 1.80 bits per heavy atom. The molecule has 1 atom stereocenters. The molecule has 0 spiro atoms. The molecular weight excluding hydrogens is 314 g/mol. The average molecular weight is 339 g/mol. The highest BCUT2D eigenvalue weighted by Crippen LogP contribution is 2.13. The van der Waals surface area contributed by atoms with Crippen LogP contribution < -0.4 is 5.32 Å². The summed E-state index contributed by atoms with van der Waals surface area (Å²) in [6.45, 7) is 4.00. The van der Waals surface area contributed by atoms with E-state index in [-0.39, 0.29) is 18.4 Å². The molecule has 0 aliphatic rings. The highest BCUT2D eigenvalue weighted by atomic mass is 16.4. The molecule has 0 radical (unpaired) electrons. The number of carbonyl (C=O) groups excluding carboxylic acids is 1. The zero-order valence-electron chi connectivity index (χ0n) is 14.8. The van der Waals surface area contributed by atoms with Crippen LogP contribution in [0.2, 0.25) is 0 Å². The number of aliphatic carboxylic acids is 1. The van der Waals surface area contributed by atoms with Gasteiger partial charge in [0.25, 0.3) is 0 Å². The van der Waals surface area contributed by atoms with Crippen molar-refractivity contribution in [2.45, 2.75) is 45.6 Å². The molecule has 0 aliphatic carbocycles. The van der Waals surface area contributed by atoms with Gasteiger partial charge in [0.2, 0.25) is 5.91 Å². The van der Waals surface area contributed by atoms with E-state index in [2.05, 4.69) is 5.32 Å². The zero-order valence-corrected chi connectivity index (χ0v) is 14.8. The first kappa shape index (κ1) is 18.7. The number of rotatable bonds is 8. The van der Waals surface area contributed by atoms with E-state index in [0.29, 0.717) is 19.3 Å². The first-order valence-electron chi connectivity index (χ1n) is 8.55. The van der Waals surface area contributed by atoms with Crippen LogP contribution in [0.3, 0.4) is 0 Å². The van der Waals surface area contributed by atoms with Gasteiger partial charge < -0.3 is 10.4 Å². The van der Waals surface area contributed by atoms with Gasteiger partial charge in [-0.3, -0.25) is 9.59 Å². The second-order valence-electron chi connectivity index (χ2n) is 6.49. The second-order valence-corrected chi connectivity index (χ2v) is 6.49. The fourth-order valence-corrected chi connectivity index (χ4v) is 2.86. The minimum absolute atomic E-state index is 0.0429. The van der Waals surface area contributed by atoms with Crippen molar-refractivity contribution in [1.82, 2.24) is 5.32 Å². The summed E-state index contributed by atoms with van der Waals surface area (Å²) >= 11 is 0. The molecule has 0 saturated heterocycles. The third kappa shape index (κ3) is 6.42. The van der Waals surface area contributed by atoms with Crippen LogP contribution >= 0.6 is 0 Å². The molecule has 0 fully saturated rings. The van der Waals surface area contributed by atoms with Crippen LogP contribution in [-0.4, -0.2) is 23.0 Å². The van der Waals surface area contributed by atoms with E-state index in [1.54, 1.807) is 0 Å². The summed E-state index contributed by atoms with van der Waals surface area (Å²) < 4.78 is 0. The van der Waals surface area contributed by atoms with E-state index in [1.807, 2.05) is 62.4 Å². The fraction of sp³-hybridized carbons (Fsp3) is 0.333. The summed E-state index contributed by atoms with van der Waals surface area (Å²) in [5, 5.41) is 12.0. The molecule has 2 rings (SSSR count). The SMILES string of the molecule is Cc1ccc(C)c(CC(=O)NC(CCC(=O)O)Cc2ccccc2)c1. The third-order valence-corrected chi connectivity index (χ3v) is 4.25. The van der Waals surface area contributed by atoms with Gasteiger partial charge in [0.15, 0.2) is 0 Å². The van der Waals surface area contributed by atoms with Crippen LogP contribution in [0.4, 0.5) is 0 Å². The van der Waals surface area contributed by atoms with E-state index in [1.165, 1.54) is 0 Å². The van der Waals surface area contributed by atoms with Gasteiger partial charge in [-0.1, -0.05) is 54.1 Å². The quantitative estimate of drug-likeness (QED) is 0.774. The molecule has 0 heterocycles. The second kappa shape index (κ2) is 9.02. The highest BCUT2D eigenvalue weighted by Gasteiger charge is 2.15. The molecule has 0 aliphatic heterocycles. The van der Waals surface area contributed by atoms with Crippen LogP contribution in [0.1, 0.15) is 35.1 Å². The lowest BCUT2D eigenvalue weighted by Gasteiger charge is -2.19. The number of aryl methyl sites for hydroxylation is 2. The van der Waals surface area contributed by atoms with E-state index >= 15 is 0 Å². The van der Waals surface area contributed by atoms with Gasteiger partial charge in [0.1, 0.15) is 0 Å². The Hall–Kier alpha value is -2.62.